The van der Waals surface area contributed by atoms with Gasteiger partial charge in [0.1, 0.15) is 0 Å². The van der Waals surface area contributed by atoms with Gasteiger partial charge in [-0.2, -0.15) is 0 Å². The lowest BCUT2D eigenvalue weighted by atomic mass is 10.1. The Kier molecular flexibility index (Phi) is 3.57. The standard InChI is InChI=1S/C8H10N2O.ClH/c1-5-6(8(10)11)3-2-4-7(5)9;/h2-4H,9H2,1H3,(H2,10,11);1H. The lowest BCUT2D eigenvalue weighted by Gasteiger charge is -2.02. The first-order valence-corrected chi connectivity index (χ1v) is 3.28. The average molecular weight is 187 g/mol. The molecule has 0 aliphatic heterocycles. The predicted molar refractivity (Wildman–Crippen MR) is 51.4 cm³/mol. The fraction of sp³-hybridized carbons (Fsp3) is 0.125. The van der Waals surface area contributed by atoms with E-state index < -0.39 is 5.91 Å². The minimum atomic E-state index is -0.435. The van der Waals surface area contributed by atoms with Crippen molar-refractivity contribution in [3.8, 4) is 0 Å². The van der Waals surface area contributed by atoms with E-state index in [0.29, 0.717) is 11.3 Å². The highest BCUT2D eigenvalue weighted by atomic mass is 35.5. The van der Waals surface area contributed by atoms with Crippen molar-refractivity contribution in [3.05, 3.63) is 29.3 Å². The van der Waals surface area contributed by atoms with E-state index in [1.165, 1.54) is 0 Å². The van der Waals surface area contributed by atoms with E-state index in [1.807, 2.05) is 0 Å². The Bertz CT molecular complexity index is 299. The topological polar surface area (TPSA) is 69.1 Å². The van der Waals surface area contributed by atoms with E-state index in [0.717, 1.165) is 5.56 Å². The van der Waals surface area contributed by atoms with Crippen LogP contribution in [0, 0.1) is 6.92 Å². The molecule has 4 N–H and O–H groups in total. The van der Waals surface area contributed by atoms with E-state index >= 15 is 0 Å². The zero-order chi connectivity index (χ0) is 8.43. The quantitative estimate of drug-likeness (QED) is 0.645. The van der Waals surface area contributed by atoms with Gasteiger partial charge in [-0.25, -0.2) is 0 Å². The molecule has 0 bridgehead atoms. The Hall–Kier alpha value is -1.22. The summed E-state index contributed by atoms with van der Waals surface area (Å²) in [7, 11) is 0. The molecular formula is C8H11ClN2O. The van der Waals surface area contributed by atoms with E-state index in [2.05, 4.69) is 0 Å². The van der Waals surface area contributed by atoms with Crippen molar-refractivity contribution < 1.29 is 4.79 Å². The molecular weight excluding hydrogens is 176 g/mol. The molecule has 12 heavy (non-hydrogen) atoms. The Morgan fingerprint density at radius 2 is 2.00 bits per heavy atom. The monoisotopic (exact) mass is 186 g/mol. The van der Waals surface area contributed by atoms with Gasteiger partial charge in [0.25, 0.3) is 0 Å². The van der Waals surface area contributed by atoms with Crippen LogP contribution in [0.25, 0.3) is 0 Å². The Balaban J connectivity index is 0.00000121. The van der Waals surface area contributed by atoms with Crippen LogP contribution in [0.1, 0.15) is 15.9 Å². The maximum absolute atomic E-state index is 10.7. The highest BCUT2D eigenvalue weighted by molar-refractivity contribution is 5.95. The van der Waals surface area contributed by atoms with Crippen molar-refractivity contribution >= 4 is 24.0 Å². The summed E-state index contributed by atoms with van der Waals surface area (Å²) in [6.07, 6.45) is 0. The molecule has 0 heterocycles. The number of benzene rings is 1. The summed E-state index contributed by atoms with van der Waals surface area (Å²) in [5, 5.41) is 0. The molecule has 0 aliphatic rings. The number of carbonyl (C=O) groups excluding carboxylic acids is 1. The Morgan fingerprint density at radius 3 is 2.42 bits per heavy atom. The average Bonchev–Trinajstić information content (AvgIpc) is 1.94. The van der Waals surface area contributed by atoms with Crippen LogP contribution in [0.15, 0.2) is 18.2 Å². The van der Waals surface area contributed by atoms with E-state index in [4.69, 9.17) is 11.5 Å². The first-order chi connectivity index (χ1) is 5.13. The van der Waals surface area contributed by atoms with Crippen molar-refractivity contribution in [2.24, 2.45) is 5.73 Å². The van der Waals surface area contributed by atoms with Gasteiger partial charge in [0.05, 0.1) is 0 Å². The second-order valence-electron chi connectivity index (χ2n) is 2.38. The molecule has 3 nitrogen and oxygen atoms in total. The third kappa shape index (κ3) is 1.89. The van der Waals surface area contributed by atoms with Crippen LogP contribution in [-0.4, -0.2) is 5.91 Å². The van der Waals surface area contributed by atoms with Crippen molar-refractivity contribution in [2.45, 2.75) is 6.92 Å². The van der Waals surface area contributed by atoms with Gasteiger partial charge in [-0.1, -0.05) is 6.07 Å². The molecule has 1 rings (SSSR count). The highest BCUT2D eigenvalue weighted by Gasteiger charge is 2.04. The molecule has 0 spiro atoms. The number of nitrogen functional groups attached to an aromatic ring is 1. The van der Waals surface area contributed by atoms with Crippen LogP contribution in [-0.2, 0) is 0 Å². The smallest absolute Gasteiger partial charge is 0.249 e. The van der Waals surface area contributed by atoms with Gasteiger partial charge in [0.15, 0.2) is 0 Å². The number of amides is 1. The molecule has 66 valence electrons. The molecule has 0 saturated heterocycles. The van der Waals surface area contributed by atoms with Gasteiger partial charge in [-0.05, 0) is 24.6 Å². The zero-order valence-electron chi connectivity index (χ0n) is 6.70. The van der Waals surface area contributed by atoms with Gasteiger partial charge in [0, 0.05) is 11.3 Å². The second-order valence-corrected chi connectivity index (χ2v) is 2.38. The Morgan fingerprint density at radius 1 is 1.42 bits per heavy atom. The number of carbonyl (C=O) groups is 1. The van der Waals surface area contributed by atoms with Crippen molar-refractivity contribution in [1.29, 1.82) is 0 Å². The number of rotatable bonds is 1. The number of anilines is 1. The number of hydrogen-bond acceptors (Lipinski definition) is 2. The van der Waals surface area contributed by atoms with E-state index in [9.17, 15) is 4.79 Å². The van der Waals surface area contributed by atoms with Crippen molar-refractivity contribution in [2.75, 3.05) is 5.73 Å². The summed E-state index contributed by atoms with van der Waals surface area (Å²) in [5.74, 6) is -0.435. The summed E-state index contributed by atoms with van der Waals surface area (Å²) >= 11 is 0. The maximum Gasteiger partial charge on any atom is 0.249 e. The second kappa shape index (κ2) is 3.97. The minimum absolute atomic E-state index is 0. The van der Waals surface area contributed by atoms with Gasteiger partial charge in [-0.3, -0.25) is 4.79 Å². The molecule has 0 atom stereocenters. The molecule has 1 aromatic rings. The van der Waals surface area contributed by atoms with Crippen LogP contribution in [0.5, 0.6) is 0 Å². The van der Waals surface area contributed by atoms with Gasteiger partial charge >= 0.3 is 0 Å². The first-order valence-electron chi connectivity index (χ1n) is 3.28. The first kappa shape index (κ1) is 10.8. The van der Waals surface area contributed by atoms with Crippen LogP contribution in [0.4, 0.5) is 5.69 Å². The number of nitrogens with two attached hydrogens (primary N) is 2. The number of primary amides is 1. The summed E-state index contributed by atoms with van der Waals surface area (Å²) in [6.45, 7) is 1.77. The molecule has 1 aromatic carbocycles. The number of halogens is 1. The van der Waals surface area contributed by atoms with Crippen molar-refractivity contribution in [1.82, 2.24) is 0 Å². The molecule has 0 fully saturated rings. The maximum atomic E-state index is 10.7. The van der Waals surface area contributed by atoms with Gasteiger partial charge < -0.3 is 11.5 Å². The zero-order valence-corrected chi connectivity index (χ0v) is 7.52. The third-order valence-corrected chi connectivity index (χ3v) is 1.64. The Labute approximate surface area is 77.2 Å². The molecule has 4 heteroatoms. The summed E-state index contributed by atoms with van der Waals surface area (Å²) in [5.41, 5.74) is 12.5. The third-order valence-electron chi connectivity index (χ3n) is 1.64. The van der Waals surface area contributed by atoms with Crippen LogP contribution in [0.3, 0.4) is 0 Å². The van der Waals surface area contributed by atoms with Crippen LogP contribution in [0.2, 0.25) is 0 Å². The highest BCUT2D eigenvalue weighted by Crippen LogP contribution is 2.14. The largest absolute Gasteiger partial charge is 0.398 e. The summed E-state index contributed by atoms with van der Waals surface area (Å²) in [6, 6.07) is 5.11. The molecule has 0 radical (unpaired) electrons. The lowest BCUT2D eigenvalue weighted by Crippen LogP contribution is -2.13. The SMILES string of the molecule is Cc1c(N)cccc1C(N)=O.Cl. The van der Waals surface area contributed by atoms with Crippen LogP contribution >= 0.6 is 12.4 Å². The fourth-order valence-corrected chi connectivity index (χ4v) is 0.920. The van der Waals surface area contributed by atoms with Gasteiger partial charge in [-0.15, -0.1) is 12.4 Å². The molecule has 1 amide bonds. The number of hydrogen-bond donors (Lipinski definition) is 2. The summed E-state index contributed by atoms with van der Waals surface area (Å²) in [4.78, 5) is 10.7. The molecule has 0 unspecified atom stereocenters. The minimum Gasteiger partial charge on any atom is -0.398 e. The predicted octanol–water partition coefficient (Wildman–Crippen LogP) is 1.10. The molecule has 0 saturated carbocycles. The fourth-order valence-electron chi connectivity index (χ4n) is 0.920. The summed E-state index contributed by atoms with van der Waals surface area (Å²) < 4.78 is 0. The molecule has 0 aromatic heterocycles. The van der Waals surface area contributed by atoms with Crippen molar-refractivity contribution in [3.63, 3.8) is 0 Å². The van der Waals surface area contributed by atoms with Gasteiger partial charge in [0.2, 0.25) is 5.91 Å². The normalized spacial score (nSPS) is 8.75. The van der Waals surface area contributed by atoms with E-state index in [1.54, 1.807) is 25.1 Å². The molecule has 0 aliphatic carbocycles. The van der Waals surface area contributed by atoms with E-state index in [-0.39, 0.29) is 12.4 Å². The lowest BCUT2D eigenvalue weighted by molar-refractivity contribution is 0.1000. The van der Waals surface area contributed by atoms with Crippen LogP contribution < -0.4 is 11.5 Å².